The molecule has 2 aliphatic rings. The first-order chi connectivity index (χ1) is 18.4. The Hall–Kier alpha value is -3.68. The molecule has 1 N–H and O–H groups in total. The lowest BCUT2D eigenvalue weighted by atomic mass is 9.95. The molecule has 3 aromatic carbocycles. The van der Waals surface area contributed by atoms with Crippen LogP contribution in [0.25, 0.3) is 0 Å². The topological polar surface area (TPSA) is 79.0 Å². The lowest BCUT2D eigenvalue weighted by Crippen LogP contribution is -2.59. The summed E-state index contributed by atoms with van der Waals surface area (Å²) >= 11 is 6.26. The molecule has 38 heavy (non-hydrogen) atoms. The summed E-state index contributed by atoms with van der Waals surface area (Å²) in [7, 11) is 0. The van der Waals surface area contributed by atoms with Crippen molar-refractivity contribution in [3.63, 3.8) is 0 Å². The lowest BCUT2D eigenvalue weighted by Gasteiger charge is -2.44. The van der Waals surface area contributed by atoms with Crippen molar-refractivity contribution < 1.29 is 19.1 Å². The summed E-state index contributed by atoms with van der Waals surface area (Å²) in [6.07, 6.45) is 0.784. The van der Waals surface area contributed by atoms with Gasteiger partial charge in [-0.15, -0.1) is 0 Å². The molecule has 1 atom stereocenters. The fourth-order valence-electron chi connectivity index (χ4n) is 5.28. The van der Waals surface area contributed by atoms with Gasteiger partial charge in [0.1, 0.15) is 11.8 Å². The second-order valence-corrected chi connectivity index (χ2v) is 10.1. The maximum Gasteiger partial charge on any atom is 0.257 e. The molecule has 2 saturated heterocycles. The van der Waals surface area contributed by atoms with E-state index >= 15 is 0 Å². The molecule has 0 saturated carbocycles. The van der Waals surface area contributed by atoms with Gasteiger partial charge in [0.2, 0.25) is 5.91 Å². The van der Waals surface area contributed by atoms with Crippen LogP contribution in [0.4, 0.5) is 0 Å². The number of nitrogens with zero attached hydrogens (tertiary/aromatic N) is 2. The number of piperidine rings is 1. The maximum atomic E-state index is 14.0. The van der Waals surface area contributed by atoms with Crippen molar-refractivity contribution in [2.75, 3.05) is 19.7 Å². The summed E-state index contributed by atoms with van der Waals surface area (Å²) in [5, 5.41) is 3.38. The number of likely N-dealkylation sites (tertiary alicyclic amines) is 1. The Kier molecular flexibility index (Phi) is 7.49. The number of rotatable bonds is 5. The standard InChI is InChI=1S/C30H30ClN3O4/c1-21-9-5-6-12-23(21)29(37)34-26(27(35)32-19-22-10-3-2-4-11-22)20-38-30(34)15-17-33(18-16-30)28(36)24-13-7-8-14-25(24)31/h2-14,26H,15-20H2,1H3,(H,32,35)/t26-/m0/s1. The lowest BCUT2D eigenvalue weighted by molar-refractivity contribution is -0.128. The minimum absolute atomic E-state index is 0.0940. The molecule has 0 radical (unpaired) electrons. The normalized spacial score (nSPS) is 18.4. The molecule has 8 heteroatoms. The van der Waals surface area contributed by atoms with Crippen molar-refractivity contribution in [1.82, 2.24) is 15.1 Å². The third-order valence-corrected chi connectivity index (χ3v) is 7.73. The molecule has 5 rings (SSSR count). The zero-order chi connectivity index (χ0) is 26.7. The first kappa shape index (κ1) is 25.9. The van der Waals surface area contributed by atoms with Gasteiger partial charge in [-0.1, -0.05) is 72.3 Å². The molecule has 3 amide bonds. The zero-order valence-electron chi connectivity index (χ0n) is 21.2. The van der Waals surface area contributed by atoms with Gasteiger partial charge in [-0.2, -0.15) is 0 Å². The van der Waals surface area contributed by atoms with E-state index < -0.39 is 11.8 Å². The minimum atomic E-state index is -0.981. The molecule has 2 fully saturated rings. The van der Waals surface area contributed by atoms with Crippen molar-refractivity contribution in [1.29, 1.82) is 0 Å². The van der Waals surface area contributed by atoms with E-state index in [1.165, 1.54) is 0 Å². The van der Waals surface area contributed by atoms with E-state index in [2.05, 4.69) is 5.32 Å². The summed E-state index contributed by atoms with van der Waals surface area (Å²) in [4.78, 5) is 43.9. The number of aryl methyl sites for hydroxylation is 1. The molecule has 2 aliphatic heterocycles. The van der Waals surface area contributed by atoms with E-state index in [1.54, 1.807) is 40.1 Å². The number of hydrogen-bond acceptors (Lipinski definition) is 4. The van der Waals surface area contributed by atoms with Crippen LogP contribution < -0.4 is 5.32 Å². The summed E-state index contributed by atoms with van der Waals surface area (Å²) in [6.45, 7) is 3.08. The molecule has 0 aliphatic carbocycles. The molecule has 7 nitrogen and oxygen atoms in total. The van der Waals surface area contributed by atoms with Crippen LogP contribution in [-0.4, -0.2) is 59.0 Å². The third-order valence-electron chi connectivity index (χ3n) is 7.40. The highest BCUT2D eigenvalue weighted by molar-refractivity contribution is 6.33. The van der Waals surface area contributed by atoms with Crippen molar-refractivity contribution in [2.24, 2.45) is 0 Å². The summed E-state index contributed by atoms with van der Waals surface area (Å²) < 4.78 is 6.30. The summed E-state index contributed by atoms with van der Waals surface area (Å²) in [5.41, 5.74) is 1.80. The molecule has 0 unspecified atom stereocenters. The number of carbonyl (C=O) groups excluding carboxylic acids is 3. The minimum Gasteiger partial charge on any atom is -0.353 e. The van der Waals surface area contributed by atoms with Crippen LogP contribution in [0.15, 0.2) is 78.9 Å². The first-order valence-corrected chi connectivity index (χ1v) is 13.2. The Labute approximate surface area is 227 Å². The van der Waals surface area contributed by atoms with Crippen LogP contribution in [0, 0.1) is 6.92 Å². The Balaban J connectivity index is 1.38. The summed E-state index contributed by atoms with van der Waals surface area (Å²) in [6, 6.07) is 23.2. The molecule has 2 heterocycles. The Morgan fingerprint density at radius 3 is 2.21 bits per heavy atom. The van der Waals surface area contributed by atoms with E-state index in [9.17, 15) is 14.4 Å². The van der Waals surface area contributed by atoms with Gasteiger partial charge in [-0.3, -0.25) is 19.3 Å². The van der Waals surface area contributed by atoms with Gasteiger partial charge in [0.05, 0.1) is 17.2 Å². The number of amides is 3. The molecule has 1 spiro atoms. The van der Waals surface area contributed by atoms with Crippen LogP contribution in [-0.2, 0) is 16.1 Å². The van der Waals surface area contributed by atoms with Crippen molar-refractivity contribution in [2.45, 2.75) is 38.1 Å². The van der Waals surface area contributed by atoms with Crippen LogP contribution >= 0.6 is 11.6 Å². The Morgan fingerprint density at radius 2 is 1.53 bits per heavy atom. The smallest absolute Gasteiger partial charge is 0.257 e. The first-order valence-electron chi connectivity index (χ1n) is 12.8. The number of halogens is 1. The molecule has 0 aromatic heterocycles. The largest absolute Gasteiger partial charge is 0.353 e. The van der Waals surface area contributed by atoms with Gasteiger partial charge in [-0.25, -0.2) is 0 Å². The Morgan fingerprint density at radius 1 is 0.895 bits per heavy atom. The van der Waals surface area contributed by atoms with E-state index in [-0.39, 0.29) is 24.3 Å². The summed E-state index contributed by atoms with van der Waals surface area (Å²) in [5.74, 6) is -0.661. The van der Waals surface area contributed by atoms with Crippen molar-refractivity contribution in [3.8, 4) is 0 Å². The van der Waals surface area contributed by atoms with Gasteiger partial charge >= 0.3 is 0 Å². The van der Waals surface area contributed by atoms with Gasteiger partial charge in [-0.05, 0) is 36.2 Å². The maximum absolute atomic E-state index is 14.0. The fourth-order valence-corrected chi connectivity index (χ4v) is 5.49. The average molecular weight is 532 g/mol. The molecular weight excluding hydrogens is 502 g/mol. The van der Waals surface area contributed by atoms with E-state index in [0.29, 0.717) is 48.6 Å². The van der Waals surface area contributed by atoms with Gasteiger partial charge in [0.25, 0.3) is 11.8 Å². The zero-order valence-corrected chi connectivity index (χ0v) is 22.0. The Bertz CT molecular complexity index is 1340. The number of carbonyl (C=O) groups is 3. The number of ether oxygens (including phenoxy) is 1. The molecular formula is C30H30ClN3O4. The fraction of sp³-hybridized carbons (Fsp3) is 0.300. The molecule has 3 aromatic rings. The predicted octanol–water partition coefficient (Wildman–Crippen LogP) is 4.44. The van der Waals surface area contributed by atoms with Crippen LogP contribution in [0.2, 0.25) is 5.02 Å². The monoisotopic (exact) mass is 531 g/mol. The number of benzene rings is 3. The van der Waals surface area contributed by atoms with Crippen molar-refractivity contribution >= 4 is 29.3 Å². The number of nitrogens with one attached hydrogen (secondary N) is 1. The van der Waals surface area contributed by atoms with Gasteiger partial charge < -0.3 is 15.0 Å². The highest BCUT2D eigenvalue weighted by Crippen LogP contribution is 2.39. The second kappa shape index (κ2) is 11.0. The van der Waals surface area contributed by atoms with Crippen LogP contribution in [0.3, 0.4) is 0 Å². The van der Waals surface area contributed by atoms with E-state index in [0.717, 1.165) is 11.1 Å². The average Bonchev–Trinajstić information content (AvgIpc) is 3.31. The second-order valence-electron chi connectivity index (χ2n) is 9.74. The predicted molar refractivity (Wildman–Crippen MR) is 145 cm³/mol. The molecule has 196 valence electrons. The van der Waals surface area contributed by atoms with Crippen molar-refractivity contribution in [3.05, 3.63) is 106 Å². The van der Waals surface area contributed by atoms with Gasteiger partial charge in [0.15, 0.2) is 0 Å². The van der Waals surface area contributed by atoms with Gasteiger partial charge in [0, 0.05) is 38.0 Å². The third kappa shape index (κ3) is 5.04. The van der Waals surface area contributed by atoms with E-state index in [1.807, 2.05) is 55.5 Å². The van der Waals surface area contributed by atoms with Crippen LogP contribution in [0.1, 0.15) is 44.7 Å². The number of hydrogen-bond donors (Lipinski definition) is 1. The highest BCUT2D eigenvalue weighted by atomic mass is 35.5. The SMILES string of the molecule is Cc1ccccc1C(=O)N1[C@H](C(=O)NCc2ccccc2)COC12CCN(C(=O)c1ccccc1Cl)CC2. The molecule has 0 bridgehead atoms. The highest BCUT2D eigenvalue weighted by Gasteiger charge is 2.54. The van der Waals surface area contributed by atoms with Crippen LogP contribution in [0.5, 0.6) is 0 Å². The van der Waals surface area contributed by atoms with E-state index in [4.69, 9.17) is 16.3 Å². The quantitative estimate of drug-likeness (QED) is 0.528.